The van der Waals surface area contributed by atoms with Gasteiger partial charge in [-0.05, 0) is 19.1 Å². The van der Waals surface area contributed by atoms with Crippen molar-refractivity contribution in [1.29, 1.82) is 0 Å². The molecule has 7 heteroatoms. The molecular weight excluding hydrogens is 242 g/mol. The fraction of sp³-hybridized carbons (Fsp3) is 0.300. The minimum absolute atomic E-state index is 0.178. The van der Waals surface area contributed by atoms with Crippen LogP contribution in [-0.4, -0.2) is 32.0 Å². The van der Waals surface area contributed by atoms with E-state index < -0.39 is 10.1 Å². The minimum Gasteiger partial charge on any atom is -0.744 e. The number of aryl methyl sites for hydroxylation is 1. The van der Waals surface area contributed by atoms with Crippen molar-refractivity contribution in [3.05, 3.63) is 29.8 Å². The molecule has 1 heterocycles. The summed E-state index contributed by atoms with van der Waals surface area (Å²) >= 11 is 0. The maximum Gasteiger partial charge on any atom is 0.341 e. The van der Waals surface area contributed by atoms with E-state index in [1.54, 1.807) is 12.1 Å². The monoisotopic (exact) mass is 257 g/mol. The van der Waals surface area contributed by atoms with Gasteiger partial charge in [-0.25, -0.2) is 8.42 Å². The average molecular weight is 257 g/mol. The van der Waals surface area contributed by atoms with Crippen molar-refractivity contribution in [2.24, 2.45) is 5.73 Å². The van der Waals surface area contributed by atoms with Crippen LogP contribution >= 0.6 is 0 Å². The largest absolute Gasteiger partial charge is 0.744 e. The molecule has 1 aliphatic heterocycles. The second-order valence-electron chi connectivity index (χ2n) is 3.53. The van der Waals surface area contributed by atoms with Crippen molar-refractivity contribution >= 4 is 16.1 Å². The highest BCUT2D eigenvalue weighted by molar-refractivity contribution is 7.85. The molecule has 0 saturated carbocycles. The highest BCUT2D eigenvalue weighted by Gasteiger charge is 2.02. The van der Waals surface area contributed by atoms with Gasteiger partial charge < -0.3 is 4.55 Å². The van der Waals surface area contributed by atoms with Crippen LogP contribution in [0.25, 0.3) is 0 Å². The molecule has 0 aromatic heterocycles. The van der Waals surface area contributed by atoms with Gasteiger partial charge in [0.2, 0.25) is 0 Å². The quantitative estimate of drug-likeness (QED) is 0.499. The Labute approximate surface area is 100 Å². The van der Waals surface area contributed by atoms with Crippen LogP contribution in [0.15, 0.2) is 29.2 Å². The lowest BCUT2D eigenvalue weighted by molar-refractivity contribution is -0.445. The Bertz CT molecular complexity index is 494. The van der Waals surface area contributed by atoms with E-state index >= 15 is 0 Å². The van der Waals surface area contributed by atoms with Crippen LogP contribution in [0.2, 0.25) is 0 Å². The van der Waals surface area contributed by atoms with Crippen LogP contribution in [0, 0.1) is 6.92 Å². The third kappa shape index (κ3) is 4.83. The highest BCUT2D eigenvalue weighted by atomic mass is 32.2. The number of hydrogen-bond acceptors (Lipinski definition) is 5. The van der Waals surface area contributed by atoms with Gasteiger partial charge in [0.05, 0.1) is 18.0 Å². The maximum atomic E-state index is 10.4. The molecule has 0 unspecified atom stereocenters. The van der Waals surface area contributed by atoms with E-state index in [2.05, 4.69) is 10.3 Å². The number of guanidine groups is 1. The molecule has 0 amide bonds. The van der Waals surface area contributed by atoms with Gasteiger partial charge in [-0.1, -0.05) is 17.7 Å². The van der Waals surface area contributed by atoms with Crippen LogP contribution in [0.4, 0.5) is 0 Å². The molecule has 0 atom stereocenters. The molecule has 0 bridgehead atoms. The summed E-state index contributed by atoms with van der Waals surface area (Å²) in [5, 5.41) is 2.90. The Hall–Kier alpha value is -1.60. The molecule has 1 aromatic rings. The van der Waals surface area contributed by atoms with Gasteiger partial charge in [-0.2, -0.15) is 0 Å². The van der Waals surface area contributed by atoms with Crippen LogP contribution in [-0.2, 0) is 10.1 Å². The molecule has 1 aromatic carbocycles. The van der Waals surface area contributed by atoms with Crippen molar-refractivity contribution in [3.63, 3.8) is 0 Å². The summed E-state index contributed by atoms with van der Waals surface area (Å²) in [6.07, 6.45) is 0. The van der Waals surface area contributed by atoms with Crippen LogP contribution in [0.5, 0.6) is 0 Å². The van der Waals surface area contributed by atoms with Gasteiger partial charge in [0.15, 0.2) is 0 Å². The smallest absolute Gasteiger partial charge is 0.341 e. The Morgan fingerprint density at radius 1 is 1.35 bits per heavy atom. The van der Waals surface area contributed by atoms with E-state index in [-0.39, 0.29) is 4.90 Å². The number of benzene rings is 1. The second-order valence-corrected chi connectivity index (χ2v) is 4.91. The van der Waals surface area contributed by atoms with E-state index in [1.165, 1.54) is 12.1 Å². The Morgan fingerprint density at radius 3 is 2.24 bits per heavy atom. The third-order valence-electron chi connectivity index (χ3n) is 2.07. The SMILES string of the molecule is Cc1ccc(S(=O)(=O)[O-])cc1.NC1=[NH+]CCN1. The van der Waals surface area contributed by atoms with Gasteiger partial charge in [-0.3, -0.25) is 16.0 Å². The lowest BCUT2D eigenvalue weighted by Crippen LogP contribution is -2.73. The Morgan fingerprint density at radius 2 is 1.94 bits per heavy atom. The second kappa shape index (κ2) is 5.65. The molecule has 94 valence electrons. The van der Waals surface area contributed by atoms with Crippen molar-refractivity contribution < 1.29 is 18.0 Å². The molecule has 0 spiro atoms. The summed E-state index contributed by atoms with van der Waals surface area (Å²) < 4.78 is 31.2. The standard InChI is InChI=1S/C7H8O3S.C3H7N3/c1-6-2-4-7(5-3-6)11(8,9)10;4-3-5-1-2-6-3/h2-5H,1H3,(H,8,9,10);1-2H2,(H3,4,5,6). The Kier molecular flexibility index (Phi) is 4.47. The molecule has 4 N–H and O–H groups in total. The number of hydrogen-bond donors (Lipinski definition) is 3. The molecule has 0 radical (unpaired) electrons. The number of nitrogens with one attached hydrogen (secondary N) is 2. The average Bonchev–Trinajstić information content (AvgIpc) is 2.69. The molecule has 6 nitrogen and oxygen atoms in total. The van der Waals surface area contributed by atoms with Gasteiger partial charge in [0.1, 0.15) is 10.1 Å². The summed E-state index contributed by atoms with van der Waals surface area (Å²) in [6, 6.07) is 5.78. The normalized spacial score (nSPS) is 14.4. The molecule has 0 fully saturated rings. The first-order valence-electron chi connectivity index (χ1n) is 5.02. The van der Waals surface area contributed by atoms with Gasteiger partial charge in [0.25, 0.3) is 0 Å². The summed E-state index contributed by atoms with van der Waals surface area (Å²) in [4.78, 5) is 2.73. The van der Waals surface area contributed by atoms with Crippen LogP contribution in [0.3, 0.4) is 0 Å². The number of rotatable bonds is 1. The molecule has 17 heavy (non-hydrogen) atoms. The lowest BCUT2D eigenvalue weighted by atomic mass is 10.2. The fourth-order valence-electron chi connectivity index (χ4n) is 1.16. The summed E-state index contributed by atoms with van der Waals surface area (Å²) in [6.45, 7) is 3.75. The van der Waals surface area contributed by atoms with E-state index in [1.807, 2.05) is 6.92 Å². The first kappa shape index (κ1) is 13.5. The lowest BCUT2D eigenvalue weighted by Gasteiger charge is -2.05. The van der Waals surface area contributed by atoms with Crippen LogP contribution < -0.4 is 16.0 Å². The summed E-state index contributed by atoms with van der Waals surface area (Å²) in [7, 11) is -4.27. The molecule has 0 aliphatic carbocycles. The maximum absolute atomic E-state index is 10.4. The van der Waals surface area contributed by atoms with E-state index in [0.717, 1.165) is 18.7 Å². The highest BCUT2D eigenvalue weighted by Crippen LogP contribution is 2.08. The van der Waals surface area contributed by atoms with Crippen molar-refractivity contribution in [3.8, 4) is 0 Å². The van der Waals surface area contributed by atoms with Gasteiger partial charge in [-0.15, -0.1) is 0 Å². The van der Waals surface area contributed by atoms with Crippen molar-refractivity contribution in [1.82, 2.24) is 5.32 Å². The first-order valence-corrected chi connectivity index (χ1v) is 6.43. The van der Waals surface area contributed by atoms with Gasteiger partial charge >= 0.3 is 5.96 Å². The topological polar surface area (TPSA) is 109 Å². The summed E-state index contributed by atoms with van der Waals surface area (Å²) in [5.41, 5.74) is 6.16. The van der Waals surface area contributed by atoms with Crippen LogP contribution in [0.1, 0.15) is 5.56 Å². The fourth-order valence-corrected chi connectivity index (χ4v) is 1.63. The molecular formula is C10H15N3O3S. The minimum atomic E-state index is -4.27. The predicted octanol–water partition coefficient (Wildman–Crippen LogP) is -2.12. The zero-order valence-electron chi connectivity index (χ0n) is 9.43. The van der Waals surface area contributed by atoms with E-state index in [4.69, 9.17) is 5.73 Å². The van der Waals surface area contributed by atoms with E-state index in [9.17, 15) is 13.0 Å². The van der Waals surface area contributed by atoms with Crippen molar-refractivity contribution in [2.45, 2.75) is 11.8 Å². The zero-order chi connectivity index (χ0) is 12.9. The Balaban J connectivity index is 0.000000202. The van der Waals surface area contributed by atoms with E-state index in [0.29, 0.717) is 5.96 Å². The third-order valence-corrected chi connectivity index (χ3v) is 2.92. The van der Waals surface area contributed by atoms with Crippen molar-refractivity contribution in [2.75, 3.05) is 13.1 Å². The molecule has 1 aliphatic rings. The predicted molar refractivity (Wildman–Crippen MR) is 62.2 cm³/mol. The zero-order valence-corrected chi connectivity index (χ0v) is 10.3. The molecule has 0 saturated heterocycles. The summed E-state index contributed by atoms with van der Waals surface area (Å²) in [5.74, 6) is 0.704. The van der Waals surface area contributed by atoms with Gasteiger partial charge in [0, 0.05) is 0 Å². The molecule has 2 rings (SSSR count). The first-order chi connectivity index (χ1) is 7.89. The number of nitrogens with two attached hydrogens (primary N) is 1.